The van der Waals surface area contributed by atoms with Crippen LogP contribution in [0.4, 0.5) is 0 Å². The van der Waals surface area contributed by atoms with Crippen LogP contribution in [0.2, 0.25) is 0 Å². The van der Waals surface area contributed by atoms with Crippen LogP contribution in [0.1, 0.15) is 0 Å². The number of nitrogens with zero attached hydrogens (tertiary/aromatic N) is 1. The molecule has 4 heavy (non-hydrogen) atoms. The van der Waals surface area contributed by atoms with Crippen molar-refractivity contribution >= 4 is 10.1 Å². The van der Waals surface area contributed by atoms with E-state index in [0.29, 0.717) is 0 Å². The van der Waals surface area contributed by atoms with Crippen LogP contribution in [-0.4, -0.2) is 10.1 Å². The molecule has 0 aliphatic carbocycles. The molecule has 0 saturated carbocycles. The van der Waals surface area contributed by atoms with Crippen LogP contribution in [0.5, 0.6) is 0 Å². The molecule has 0 aromatic carbocycles. The average molecular weight is 101 g/mol. The third-order valence-electron chi connectivity index (χ3n) is 0. The Bertz CT molecular complexity index is 29.5. The van der Waals surface area contributed by atoms with E-state index in [0.717, 1.165) is 0 Å². The van der Waals surface area contributed by atoms with Crippen molar-refractivity contribution in [2.75, 3.05) is 0 Å². The van der Waals surface area contributed by atoms with Gasteiger partial charge in [0.2, 0.25) is 0 Å². The van der Waals surface area contributed by atoms with Gasteiger partial charge in [-0.2, -0.15) is 0 Å². The van der Waals surface area contributed by atoms with Crippen LogP contribution >= 0.6 is 0 Å². The summed E-state index contributed by atoms with van der Waals surface area (Å²) in [5.74, 6) is 0. The topological polar surface area (TPSA) is 23.8 Å². The Labute approximate surface area is 37.0 Å². The van der Waals surface area contributed by atoms with Crippen LogP contribution in [0, 0.1) is 10.2 Å². The van der Waals surface area contributed by atoms with Crippen LogP contribution in [0.25, 0.3) is 0 Å². The molecule has 1 nitrogen and oxygen atoms in total. The molecule has 0 atom stereocenters. The first-order valence-electron chi connectivity index (χ1n) is 0.374. The van der Waals surface area contributed by atoms with Crippen molar-refractivity contribution < 1.29 is 16.0 Å². The Kier molecular flexibility index (Phi) is 24.2. The van der Waals surface area contributed by atoms with E-state index in [-0.39, 0.29) is 10.1 Å². The Balaban J connectivity index is 0. The second-order valence-electron chi connectivity index (χ2n) is 0.0674. The number of rotatable bonds is 0. The van der Waals surface area contributed by atoms with Gasteiger partial charge in [0, 0.05) is 0 Å². The van der Waals surface area contributed by atoms with Crippen LogP contribution in [0.15, 0.2) is 0 Å². The molecule has 3 heteroatoms. The summed E-state index contributed by atoms with van der Waals surface area (Å²) in [7, 11) is 0. The fourth-order valence-corrected chi connectivity index (χ4v) is 0. The predicted octanol–water partition coefficient (Wildman–Crippen LogP) is -0.902. The van der Waals surface area contributed by atoms with Gasteiger partial charge in [0.1, 0.15) is 0 Å². The third kappa shape index (κ3) is 95.1. The first-order valence-corrected chi connectivity index (χ1v) is 0.845. The average Bonchev–Trinajstić information content (AvgIpc) is 0.918. The van der Waals surface area contributed by atoms with E-state index in [2.05, 4.69) is 16.0 Å². The fraction of sp³-hybridized carbons (Fsp3) is 0. The first kappa shape index (κ1) is 8.90. The van der Waals surface area contributed by atoms with Crippen LogP contribution in [-0.2, 0) is 16.0 Å². The zero-order valence-corrected chi connectivity index (χ0v) is 2.19. The molecule has 0 aliphatic rings. The minimum atomic E-state index is 0. The monoisotopic (exact) mass is 100.0 g/mol. The van der Waals surface area contributed by atoms with E-state index < -0.39 is 0 Å². The summed E-state index contributed by atoms with van der Waals surface area (Å²) in [5, 5.41) is 7.12. The molecule has 0 N–H and O–H groups in total. The van der Waals surface area contributed by atoms with Crippen LogP contribution < -0.4 is 0 Å². The summed E-state index contributed by atoms with van der Waals surface area (Å²) in [6.07, 6.45) is 0. The van der Waals surface area contributed by atoms with E-state index in [1.54, 1.807) is 0 Å². The molecule has 0 unspecified atom stereocenters. The zero-order valence-electron chi connectivity index (χ0n) is 1.25. The summed E-state index contributed by atoms with van der Waals surface area (Å²) in [6, 6.07) is 0. The van der Waals surface area contributed by atoms with Gasteiger partial charge in [0.25, 0.3) is 0 Å². The van der Waals surface area contributed by atoms with E-state index in [4.69, 9.17) is 5.26 Å². The predicted molar refractivity (Wildman–Crippen MR) is 14.2 cm³/mol. The number of hydrogen-bond donors (Lipinski definition) is 0. The van der Waals surface area contributed by atoms with Gasteiger partial charge in [-0.05, 0) is 0 Å². The first-order chi connectivity index (χ1) is 1.41. The van der Waals surface area contributed by atoms with E-state index in [9.17, 15) is 0 Å². The molecule has 0 fully saturated rings. The standard InChI is InChI=1S/CN.Be.Cu.2H/c1-2;;;;. The Morgan fingerprint density at radius 1 is 1.75 bits per heavy atom. The van der Waals surface area contributed by atoms with Gasteiger partial charge in [-0.1, -0.05) is 0 Å². The maximum absolute atomic E-state index is 7.12. The second-order valence-corrected chi connectivity index (χ2v) is 0.278. The molecule has 0 radical (unpaired) electrons. The van der Waals surface area contributed by atoms with Crippen molar-refractivity contribution in [1.82, 2.24) is 0 Å². The third-order valence-corrected chi connectivity index (χ3v) is 0. The Morgan fingerprint density at radius 3 is 1.75 bits per heavy atom. The van der Waals surface area contributed by atoms with Crippen molar-refractivity contribution in [1.29, 1.82) is 5.26 Å². The van der Waals surface area contributed by atoms with Gasteiger partial charge in [-0.3, -0.25) is 0 Å². The molecule has 0 saturated heterocycles. The van der Waals surface area contributed by atoms with Crippen molar-refractivity contribution in [3.63, 3.8) is 0 Å². The summed E-state index contributed by atoms with van der Waals surface area (Å²) >= 11 is 3.81. The molecule has 0 aromatic rings. The molecular weight excluding hydrogens is 98.6 g/mol. The summed E-state index contributed by atoms with van der Waals surface area (Å²) < 4.78 is 0. The number of hydrogen-bond acceptors (Lipinski definition) is 1. The molecule has 0 rings (SSSR count). The molecule has 0 aromatic heterocycles. The fourth-order valence-electron chi connectivity index (χ4n) is 0. The normalized spacial score (nSPS) is 2.25. The van der Waals surface area contributed by atoms with Crippen molar-refractivity contribution in [2.24, 2.45) is 0 Å². The van der Waals surface area contributed by atoms with Crippen molar-refractivity contribution in [3.05, 3.63) is 0 Å². The summed E-state index contributed by atoms with van der Waals surface area (Å²) in [5.41, 5.74) is 0. The van der Waals surface area contributed by atoms with Gasteiger partial charge in [-0.15, -0.1) is 0 Å². The van der Waals surface area contributed by atoms with Crippen molar-refractivity contribution in [2.45, 2.75) is 0 Å². The zero-order chi connectivity index (χ0) is 2.71. The van der Waals surface area contributed by atoms with E-state index in [1.807, 2.05) is 0 Å². The SMILES string of the molecule is N#[C][Cu].[BeH2]. The minimum absolute atomic E-state index is 0. The summed E-state index contributed by atoms with van der Waals surface area (Å²) in [6.45, 7) is 0. The molecule has 0 bridgehead atoms. The van der Waals surface area contributed by atoms with Crippen molar-refractivity contribution in [3.8, 4) is 4.97 Å². The quantitative estimate of drug-likeness (QED) is 0.362. The Hall–Kier alpha value is 0.178. The van der Waals surface area contributed by atoms with Gasteiger partial charge in [0.15, 0.2) is 0 Å². The van der Waals surface area contributed by atoms with Gasteiger partial charge in [-0.25, -0.2) is 0 Å². The molecule has 0 spiro atoms. The molecule has 0 amide bonds. The van der Waals surface area contributed by atoms with E-state index in [1.165, 1.54) is 4.97 Å². The van der Waals surface area contributed by atoms with Gasteiger partial charge >= 0.3 is 36.4 Å². The van der Waals surface area contributed by atoms with Gasteiger partial charge < -0.3 is 0 Å². The summed E-state index contributed by atoms with van der Waals surface area (Å²) in [4.78, 5) is 1.31. The molecular formula is CH2BeCuN. The Morgan fingerprint density at radius 2 is 1.75 bits per heavy atom. The van der Waals surface area contributed by atoms with Gasteiger partial charge in [0.05, 0.1) is 0 Å². The molecule has 0 aliphatic heterocycles. The second kappa shape index (κ2) is 10.9. The molecule has 0 heterocycles. The molecule has 24 valence electrons. The van der Waals surface area contributed by atoms with E-state index >= 15 is 0 Å². The maximum atomic E-state index is 7.12. The number of nitriles is 1. The van der Waals surface area contributed by atoms with Crippen LogP contribution in [0.3, 0.4) is 0 Å².